The van der Waals surface area contributed by atoms with Crippen molar-refractivity contribution in [2.75, 3.05) is 7.11 Å². The van der Waals surface area contributed by atoms with Crippen LogP contribution < -0.4 is 5.32 Å². The Kier molecular flexibility index (Phi) is 5.30. The maximum atomic E-state index is 11.9. The molecule has 1 rings (SSSR count). The highest BCUT2D eigenvalue weighted by Gasteiger charge is 2.26. The van der Waals surface area contributed by atoms with Gasteiger partial charge in [0.05, 0.1) is 12.7 Å². The number of hydrogen-bond acceptors (Lipinski definition) is 4. The van der Waals surface area contributed by atoms with Crippen LogP contribution in [0.1, 0.15) is 30.6 Å². The minimum atomic E-state index is -0.632. The van der Waals surface area contributed by atoms with Gasteiger partial charge < -0.3 is 10.1 Å². The lowest BCUT2D eigenvalue weighted by Gasteiger charge is -2.21. The highest BCUT2D eigenvalue weighted by Crippen LogP contribution is 2.10. The summed E-state index contributed by atoms with van der Waals surface area (Å²) in [7, 11) is 1.31. The van der Waals surface area contributed by atoms with E-state index in [0.717, 1.165) is 6.42 Å². The second-order valence-electron chi connectivity index (χ2n) is 4.10. The van der Waals surface area contributed by atoms with Crippen LogP contribution in [0.4, 0.5) is 0 Å². The van der Waals surface area contributed by atoms with Crippen LogP contribution in [0, 0.1) is 5.92 Å². The summed E-state index contributed by atoms with van der Waals surface area (Å²) < 4.78 is 4.70. The first-order chi connectivity index (χ1) is 8.60. The number of hydrogen-bond donors (Lipinski definition) is 1. The molecule has 0 aliphatic rings. The van der Waals surface area contributed by atoms with Crippen LogP contribution in [0.25, 0.3) is 0 Å². The predicted octanol–water partition coefficient (Wildman–Crippen LogP) is 1.40. The van der Waals surface area contributed by atoms with Crippen LogP contribution in [0.3, 0.4) is 0 Å². The molecule has 1 aromatic heterocycles. The predicted molar refractivity (Wildman–Crippen MR) is 67.0 cm³/mol. The van der Waals surface area contributed by atoms with Crippen molar-refractivity contribution in [1.82, 2.24) is 10.3 Å². The first-order valence-electron chi connectivity index (χ1n) is 5.88. The Labute approximate surface area is 107 Å². The van der Waals surface area contributed by atoms with E-state index >= 15 is 0 Å². The molecular formula is C13H18N2O3. The number of pyridine rings is 1. The smallest absolute Gasteiger partial charge is 0.328 e. The summed E-state index contributed by atoms with van der Waals surface area (Å²) in [4.78, 5) is 27.4. The van der Waals surface area contributed by atoms with Crippen molar-refractivity contribution >= 4 is 11.9 Å². The summed E-state index contributed by atoms with van der Waals surface area (Å²) in [5.41, 5.74) is 0.426. The second-order valence-corrected chi connectivity index (χ2v) is 4.10. The molecule has 1 aromatic rings. The Bertz CT molecular complexity index is 406. The van der Waals surface area contributed by atoms with Crippen LogP contribution in [0.15, 0.2) is 24.5 Å². The van der Waals surface area contributed by atoms with Crippen LogP contribution in [-0.2, 0) is 9.53 Å². The van der Waals surface area contributed by atoms with Gasteiger partial charge in [-0.2, -0.15) is 0 Å². The van der Waals surface area contributed by atoms with Crippen molar-refractivity contribution in [2.45, 2.75) is 26.3 Å². The maximum Gasteiger partial charge on any atom is 0.328 e. The molecule has 0 saturated carbocycles. The fourth-order valence-corrected chi connectivity index (χ4v) is 1.52. The van der Waals surface area contributed by atoms with E-state index in [4.69, 9.17) is 4.74 Å². The molecule has 0 bridgehead atoms. The average molecular weight is 250 g/mol. The molecule has 5 nitrogen and oxygen atoms in total. The molecule has 1 amide bonds. The molecule has 0 fully saturated rings. The van der Waals surface area contributed by atoms with Crippen molar-refractivity contribution in [3.8, 4) is 0 Å². The molecule has 1 heterocycles. The average Bonchev–Trinajstić information content (AvgIpc) is 2.43. The van der Waals surface area contributed by atoms with Gasteiger partial charge in [0.2, 0.25) is 0 Å². The molecule has 1 N–H and O–H groups in total. The van der Waals surface area contributed by atoms with Gasteiger partial charge in [0.25, 0.3) is 5.91 Å². The van der Waals surface area contributed by atoms with Gasteiger partial charge in [-0.3, -0.25) is 9.78 Å². The van der Waals surface area contributed by atoms with E-state index in [-0.39, 0.29) is 11.8 Å². The van der Waals surface area contributed by atoms with Gasteiger partial charge in [-0.15, -0.1) is 0 Å². The largest absolute Gasteiger partial charge is 0.467 e. The van der Waals surface area contributed by atoms with Gasteiger partial charge in [0.1, 0.15) is 6.04 Å². The summed E-state index contributed by atoms with van der Waals surface area (Å²) in [6, 6.07) is 2.69. The number of rotatable bonds is 5. The summed E-state index contributed by atoms with van der Waals surface area (Å²) >= 11 is 0. The van der Waals surface area contributed by atoms with Gasteiger partial charge in [-0.1, -0.05) is 20.3 Å². The minimum absolute atomic E-state index is 0.0121. The lowest BCUT2D eigenvalue weighted by atomic mass is 9.99. The molecule has 0 aliphatic heterocycles. The zero-order valence-corrected chi connectivity index (χ0v) is 10.8. The van der Waals surface area contributed by atoms with E-state index < -0.39 is 12.0 Å². The van der Waals surface area contributed by atoms with Gasteiger partial charge in [-0.05, 0) is 18.1 Å². The number of carbonyl (C=O) groups is 2. The topological polar surface area (TPSA) is 68.3 Å². The highest BCUT2D eigenvalue weighted by atomic mass is 16.5. The fraction of sp³-hybridized carbons (Fsp3) is 0.462. The first-order valence-corrected chi connectivity index (χ1v) is 5.88. The van der Waals surface area contributed by atoms with Crippen LogP contribution >= 0.6 is 0 Å². The lowest BCUT2D eigenvalue weighted by Crippen LogP contribution is -2.45. The molecule has 0 unspecified atom stereocenters. The molecular weight excluding hydrogens is 232 g/mol. The Morgan fingerprint density at radius 2 is 2.22 bits per heavy atom. The fourth-order valence-electron chi connectivity index (χ4n) is 1.52. The van der Waals surface area contributed by atoms with E-state index in [1.165, 1.54) is 13.3 Å². The van der Waals surface area contributed by atoms with Crippen molar-refractivity contribution in [2.24, 2.45) is 5.92 Å². The van der Waals surface area contributed by atoms with Gasteiger partial charge in [-0.25, -0.2) is 4.79 Å². The molecule has 98 valence electrons. The van der Waals surface area contributed by atoms with Gasteiger partial charge in [0, 0.05) is 12.4 Å². The number of nitrogens with one attached hydrogen (secondary N) is 1. The number of nitrogens with zero attached hydrogens (tertiary/aromatic N) is 1. The van der Waals surface area contributed by atoms with Gasteiger partial charge >= 0.3 is 5.97 Å². The van der Waals surface area contributed by atoms with Crippen molar-refractivity contribution in [3.05, 3.63) is 30.1 Å². The number of carbonyl (C=O) groups excluding carboxylic acids is 2. The standard InChI is InChI=1S/C13H18N2O3/c1-4-9(2)11(13(17)18-3)15-12(16)10-6-5-7-14-8-10/h5-9,11H,4H2,1-3H3,(H,15,16)/t9-,11-/m0/s1. The number of methoxy groups -OCH3 is 1. The monoisotopic (exact) mass is 250 g/mol. The number of amides is 1. The molecule has 0 aromatic carbocycles. The zero-order valence-electron chi connectivity index (χ0n) is 10.8. The molecule has 2 atom stereocenters. The van der Waals surface area contributed by atoms with E-state index in [2.05, 4.69) is 10.3 Å². The zero-order chi connectivity index (χ0) is 13.5. The van der Waals surface area contributed by atoms with E-state index in [0.29, 0.717) is 5.56 Å². The Hall–Kier alpha value is -1.91. The van der Waals surface area contributed by atoms with Crippen LogP contribution in [0.2, 0.25) is 0 Å². The van der Waals surface area contributed by atoms with E-state index in [1.807, 2.05) is 13.8 Å². The molecule has 5 heteroatoms. The van der Waals surface area contributed by atoms with Crippen molar-refractivity contribution in [1.29, 1.82) is 0 Å². The number of ether oxygens (including phenoxy) is 1. The third-order valence-electron chi connectivity index (χ3n) is 2.88. The highest BCUT2D eigenvalue weighted by molar-refractivity contribution is 5.96. The van der Waals surface area contributed by atoms with Crippen molar-refractivity contribution < 1.29 is 14.3 Å². The lowest BCUT2D eigenvalue weighted by molar-refractivity contribution is -0.144. The Balaban J connectivity index is 2.78. The normalized spacial score (nSPS) is 13.5. The number of esters is 1. The molecule has 0 spiro atoms. The molecule has 0 radical (unpaired) electrons. The molecule has 0 aliphatic carbocycles. The molecule has 18 heavy (non-hydrogen) atoms. The SMILES string of the molecule is CC[C@H](C)[C@H](NC(=O)c1cccnc1)C(=O)OC. The van der Waals surface area contributed by atoms with E-state index in [9.17, 15) is 9.59 Å². The van der Waals surface area contributed by atoms with Crippen molar-refractivity contribution in [3.63, 3.8) is 0 Å². The third-order valence-corrected chi connectivity index (χ3v) is 2.88. The Morgan fingerprint density at radius 3 is 2.72 bits per heavy atom. The van der Waals surface area contributed by atoms with Crippen LogP contribution in [0.5, 0.6) is 0 Å². The number of aromatic nitrogens is 1. The van der Waals surface area contributed by atoms with Gasteiger partial charge in [0.15, 0.2) is 0 Å². The summed E-state index contributed by atoms with van der Waals surface area (Å²) in [5.74, 6) is -0.738. The summed E-state index contributed by atoms with van der Waals surface area (Å²) in [5, 5.41) is 2.68. The summed E-state index contributed by atoms with van der Waals surface area (Å²) in [6.07, 6.45) is 3.82. The first kappa shape index (κ1) is 14.2. The van der Waals surface area contributed by atoms with E-state index in [1.54, 1.807) is 18.3 Å². The van der Waals surface area contributed by atoms with Crippen LogP contribution in [-0.4, -0.2) is 30.0 Å². The second kappa shape index (κ2) is 6.74. The quantitative estimate of drug-likeness (QED) is 0.802. The molecule has 0 saturated heterocycles. The third kappa shape index (κ3) is 3.55. The minimum Gasteiger partial charge on any atom is -0.467 e. The Morgan fingerprint density at radius 1 is 1.50 bits per heavy atom. The maximum absolute atomic E-state index is 11.9. The summed E-state index contributed by atoms with van der Waals surface area (Å²) in [6.45, 7) is 3.85.